The molecule has 5 aliphatic heterocycles. The van der Waals surface area contributed by atoms with Crippen molar-refractivity contribution in [2.24, 2.45) is 11.8 Å². The average molecular weight is 617 g/mol. The largest absolute Gasteiger partial charge is 0.491 e. The Labute approximate surface area is 269 Å². The predicted octanol–water partition coefficient (Wildman–Crippen LogP) is 3.11. The summed E-state index contributed by atoms with van der Waals surface area (Å²) in [5.41, 5.74) is 4.24. The van der Waals surface area contributed by atoms with Crippen molar-refractivity contribution < 1.29 is 9.84 Å². The van der Waals surface area contributed by atoms with Gasteiger partial charge in [0.15, 0.2) is 0 Å². The molecule has 4 aromatic rings. The van der Waals surface area contributed by atoms with Gasteiger partial charge in [0.2, 0.25) is 0 Å². The third-order valence-electron chi connectivity index (χ3n) is 11.4. The molecule has 0 amide bonds. The van der Waals surface area contributed by atoms with Crippen LogP contribution in [0, 0.1) is 23.2 Å². The summed E-state index contributed by atoms with van der Waals surface area (Å²) in [5.74, 6) is 3.21. The first kappa shape index (κ1) is 28.2. The van der Waals surface area contributed by atoms with E-state index in [4.69, 9.17) is 9.72 Å². The van der Waals surface area contributed by atoms with Gasteiger partial charge in [0, 0.05) is 67.5 Å². The molecule has 10 nitrogen and oxygen atoms in total. The Balaban J connectivity index is 0.896. The van der Waals surface area contributed by atoms with Crippen LogP contribution in [0.1, 0.15) is 30.4 Å². The number of piperazine rings is 1. The van der Waals surface area contributed by atoms with E-state index >= 15 is 0 Å². The second kappa shape index (κ2) is 11.1. The van der Waals surface area contributed by atoms with E-state index in [0.717, 1.165) is 105 Å². The molecule has 1 saturated carbocycles. The number of fused-ring (bicyclic) bond motifs is 4. The second-order valence-corrected chi connectivity index (χ2v) is 14.0. The highest BCUT2D eigenvalue weighted by atomic mass is 16.5. The van der Waals surface area contributed by atoms with Crippen molar-refractivity contribution in [2.45, 2.75) is 43.0 Å². The zero-order valence-electron chi connectivity index (χ0n) is 26.0. The lowest BCUT2D eigenvalue weighted by atomic mass is 9.82. The van der Waals surface area contributed by atoms with Crippen molar-refractivity contribution in [1.29, 1.82) is 5.26 Å². The molecule has 46 heavy (non-hydrogen) atoms. The number of nitriles is 1. The fourth-order valence-electron chi connectivity index (χ4n) is 8.75. The van der Waals surface area contributed by atoms with Crippen molar-refractivity contribution in [3.05, 3.63) is 78.2 Å². The monoisotopic (exact) mass is 616 g/mol. The molecule has 1 aliphatic carbocycles. The lowest BCUT2D eigenvalue weighted by molar-refractivity contribution is -0.140. The van der Waals surface area contributed by atoms with Gasteiger partial charge in [-0.1, -0.05) is 30.3 Å². The van der Waals surface area contributed by atoms with Crippen LogP contribution >= 0.6 is 0 Å². The van der Waals surface area contributed by atoms with Gasteiger partial charge in [0.1, 0.15) is 30.5 Å². The van der Waals surface area contributed by atoms with Crippen LogP contribution in [0.25, 0.3) is 16.6 Å². The molecule has 10 heteroatoms. The standard InChI is InChI=1S/C36H40N8O2/c37-14-25-18-40-43-23-31(46-11-10-41-19-26-15-38-16-27(26)20-41)13-32(34(25)43)24-6-7-33(39-17-24)42-21-29-12-30(22-42)44(29)35(45)36(8-9-36)28-4-2-1-3-5-28/h1-7,13,17-18,23,26-27,29-30,35,38,45H,8-12,15-16,19-22H2. The molecular formula is C36H40N8O2. The molecule has 5 unspecified atom stereocenters. The van der Waals surface area contributed by atoms with Crippen LogP contribution in [0.5, 0.6) is 5.75 Å². The van der Waals surface area contributed by atoms with E-state index in [1.807, 2.05) is 24.5 Å². The first-order chi connectivity index (χ1) is 22.6. The normalized spacial score (nSPS) is 27.3. The number of rotatable bonds is 9. The minimum absolute atomic E-state index is 0.120. The lowest BCUT2D eigenvalue weighted by Crippen LogP contribution is -2.72. The number of likely N-dealkylation sites (tertiary alicyclic amines) is 1. The molecule has 0 spiro atoms. The first-order valence-electron chi connectivity index (χ1n) is 16.8. The smallest absolute Gasteiger partial charge is 0.138 e. The molecule has 6 aliphatic rings. The summed E-state index contributed by atoms with van der Waals surface area (Å²) in [6.45, 7) is 7.76. The summed E-state index contributed by atoms with van der Waals surface area (Å²) in [6.07, 6.45) is 8.16. The number of nitrogens with one attached hydrogen (secondary N) is 1. The molecule has 0 radical (unpaired) electrons. The number of aliphatic hydroxyl groups is 1. The zero-order valence-corrected chi connectivity index (χ0v) is 26.0. The highest BCUT2D eigenvalue weighted by molar-refractivity contribution is 5.85. The van der Waals surface area contributed by atoms with Crippen molar-refractivity contribution in [2.75, 3.05) is 57.3 Å². The molecule has 236 valence electrons. The Kier molecular flexibility index (Phi) is 6.79. The average Bonchev–Trinajstić information content (AvgIpc) is 3.38. The van der Waals surface area contributed by atoms with Gasteiger partial charge >= 0.3 is 0 Å². The number of aliphatic hydroxyl groups excluding tert-OH is 1. The molecule has 8 heterocycles. The van der Waals surface area contributed by atoms with Crippen LogP contribution in [0.15, 0.2) is 67.1 Å². The van der Waals surface area contributed by atoms with Gasteiger partial charge in [-0.25, -0.2) is 9.50 Å². The maximum absolute atomic E-state index is 11.6. The third kappa shape index (κ3) is 4.68. The van der Waals surface area contributed by atoms with E-state index < -0.39 is 6.23 Å². The summed E-state index contributed by atoms with van der Waals surface area (Å²) in [6, 6.07) is 19.7. The summed E-state index contributed by atoms with van der Waals surface area (Å²) >= 11 is 0. The van der Waals surface area contributed by atoms with Crippen molar-refractivity contribution in [3.8, 4) is 22.9 Å². The number of ether oxygens (including phenoxy) is 1. The molecule has 2 N–H and O–H groups in total. The third-order valence-corrected chi connectivity index (χ3v) is 11.4. The molecule has 5 saturated heterocycles. The predicted molar refractivity (Wildman–Crippen MR) is 175 cm³/mol. The van der Waals surface area contributed by atoms with Crippen molar-refractivity contribution in [1.82, 2.24) is 29.7 Å². The lowest BCUT2D eigenvalue weighted by Gasteiger charge is -2.59. The fraction of sp³-hybridized carbons (Fsp3) is 0.472. The molecule has 6 fully saturated rings. The van der Waals surface area contributed by atoms with E-state index in [1.54, 1.807) is 10.7 Å². The topological polar surface area (TPSA) is 105 Å². The zero-order chi connectivity index (χ0) is 30.8. The maximum Gasteiger partial charge on any atom is 0.138 e. The summed E-state index contributed by atoms with van der Waals surface area (Å²) in [7, 11) is 0. The Morgan fingerprint density at radius 1 is 1.02 bits per heavy atom. The van der Waals surface area contributed by atoms with E-state index in [0.29, 0.717) is 24.3 Å². The summed E-state index contributed by atoms with van der Waals surface area (Å²) in [5, 5.41) is 29.4. The molecule has 10 rings (SSSR count). The van der Waals surface area contributed by atoms with Gasteiger partial charge in [-0.2, -0.15) is 10.4 Å². The first-order valence-corrected chi connectivity index (χ1v) is 16.8. The number of nitrogens with zero attached hydrogens (tertiary/aromatic N) is 7. The SMILES string of the molecule is N#Cc1cnn2cc(OCCN3CC4CNCC4C3)cc(-c3ccc(N4CC5CC(C4)N5C(O)C4(c5ccccc5)CC4)nc3)c12. The van der Waals surface area contributed by atoms with Crippen LogP contribution in [0.2, 0.25) is 0 Å². The fourth-order valence-corrected chi connectivity index (χ4v) is 8.75. The number of benzene rings is 1. The number of aromatic nitrogens is 3. The van der Waals surface area contributed by atoms with Gasteiger partial charge in [0.25, 0.3) is 0 Å². The van der Waals surface area contributed by atoms with Crippen LogP contribution in [-0.4, -0.2) is 100 Å². The number of pyridine rings is 2. The number of anilines is 1. The van der Waals surface area contributed by atoms with Gasteiger partial charge in [0.05, 0.1) is 23.5 Å². The van der Waals surface area contributed by atoms with Gasteiger partial charge in [-0.3, -0.25) is 9.80 Å². The Bertz CT molecular complexity index is 1760. The minimum Gasteiger partial charge on any atom is -0.491 e. The highest BCUT2D eigenvalue weighted by Crippen LogP contribution is 2.54. The van der Waals surface area contributed by atoms with E-state index in [2.05, 4.69) is 67.6 Å². The van der Waals surface area contributed by atoms with Crippen LogP contribution in [0.3, 0.4) is 0 Å². The van der Waals surface area contributed by atoms with Crippen LogP contribution in [0.4, 0.5) is 5.82 Å². The molecule has 2 bridgehead atoms. The van der Waals surface area contributed by atoms with Crippen LogP contribution in [-0.2, 0) is 5.41 Å². The number of hydrogen-bond acceptors (Lipinski definition) is 9. The number of piperidine rings is 1. The molecule has 3 aromatic heterocycles. The van der Waals surface area contributed by atoms with E-state index in [-0.39, 0.29) is 5.41 Å². The molecule has 1 aromatic carbocycles. The number of hydrogen-bond donors (Lipinski definition) is 2. The van der Waals surface area contributed by atoms with E-state index in [1.165, 1.54) is 5.56 Å². The van der Waals surface area contributed by atoms with Gasteiger partial charge < -0.3 is 20.1 Å². The van der Waals surface area contributed by atoms with Crippen molar-refractivity contribution in [3.63, 3.8) is 0 Å². The second-order valence-electron chi connectivity index (χ2n) is 14.0. The molecular weight excluding hydrogens is 576 g/mol. The molecule has 5 atom stereocenters. The minimum atomic E-state index is -0.440. The quantitative estimate of drug-likeness (QED) is 0.294. The van der Waals surface area contributed by atoms with E-state index in [9.17, 15) is 10.4 Å². The highest BCUT2D eigenvalue weighted by Gasteiger charge is 2.58. The Morgan fingerprint density at radius 3 is 2.50 bits per heavy atom. The van der Waals surface area contributed by atoms with Gasteiger partial charge in [-0.15, -0.1) is 0 Å². The van der Waals surface area contributed by atoms with Gasteiger partial charge in [-0.05, 0) is 68.0 Å². The summed E-state index contributed by atoms with van der Waals surface area (Å²) in [4.78, 5) is 12.1. The van der Waals surface area contributed by atoms with Crippen molar-refractivity contribution >= 4 is 11.3 Å². The Hall–Kier alpha value is -4.01. The summed E-state index contributed by atoms with van der Waals surface area (Å²) < 4.78 is 8.02. The maximum atomic E-state index is 11.6. The Morgan fingerprint density at radius 2 is 1.80 bits per heavy atom. The van der Waals surface area contributed by atoms with Crippen LogP contribution < -0.4 is 15.0 Å².